The Morgan fingerprint density at radius 2 is 2.31 bits per heavy atom. The molecule has 1 aromatic rings. The zero-order chi connectivity index (χ0) is 11.6. The largest absolute Gasteiger partial charge is 0.394 e. The molecule has 4 heteroatoms. The molecule has 1 heterocycles. The van der Waals surface area contributed by atoms with E-state index < -0.39 is 0 Å². The first-order chi connectivity index (χ1) is 7.64. The number of nitrogens with zero attached hydrogens (tertiary/aromatic N) is 1. The zero-order valence-electron chi connectivity index (χ0n) is 9.41. The average molecular weight is 241 g/mol. The summed E-state index contributed by atoms with van der Waals surface area (Å²) in [6.07, 6.45) is 4.19. The van der Waals surface area contributed by atoms with Crippen LogP contribution in [0.25, 0.3) is 0 Å². The van der Waals surface area contributed by atoms with Gasteiger partial charge in [0, 0.05) is 18.3 Å². The summed E-state index contributed by atoms with van der Waals surface area (Å²) in [5.74, 6) is 0.609. The Labute approximate surface area is 101 Å². The second-order valence-corrected chi connectivity index (χ2v) is 5.08. The molecule has 16 heavy (non-hydrogen) atoms. The molecule has 0 amide bonds. The number of pyridine rings is 1. The van der Waals surface area contributed by atoms with Gasteiger partial charge in [-0.2, -0.15) is 0 Å². The number of halogens is 1. The Morgan fingerprint density at radius 3 is 2.81 bits per heavy atom. The van der Waals surface area contributed by atoms with Crippen LogP contribution in [-0.2, 0) is 6.54 Å². The Hall–Kier alpha value is -0.640. The highest BCUT2D eigenvalue weighted by atomic mass is 35.5. The van der Waals surface area contributed by atoms with E-state index in [-0.39, 0.29) is 12.1 Å². The maximum Gasteiger partial charge on any atom is 0.129 e. The summed E-state index contributed by atoms with van der Waals surface area (Å²) >= 11 is 5.72. The van der Waals surface area contributed by atoms with Gasteiger partial charge in [0.25, 0.3) is 0 Å². The molecule has 3 nitrogen and oxygen atoms in total. The van der Waals surface area contributed by atoms with Gasteiger partial charge in [-0.3, -0.25) is 0 Å². The number of nitrogens with one attached hydrogen (secondary N) is 1. The smallest absolute Gasteiger partial charge is 0.129 e. The highest BCUT2D eigenvalue weighted by molar-refractivity contribution is 6.29. The van der Waals surface area contributed by atoms with Crippen molar-refractivity contribution in [3.05, 3.63) is 29.0 Å². The number of aromatic nitrogens is 1. The van der Waals surface area contributed by atoms with Crippen LogP contribution < -0.4 is 5.32 Å². The first-order valence-corrected chi connectivity index (χ1v) is 5.98. The number of aliphatic hydroxyl groups excluding tert-OH is 1. The lowest BCUT2D eigenvalue weighted by atomic mass is 9.97. The summed E-state index contributed by atoms with van der Waals surface area (Å²) in [5, 5.41) is 13.3. The molecule has 2 N–H and O–H groups in total. The van der Waals surface area contributed by atoms with Crippen molar-refractivity contribution in [2.75, 3.05) is 6.61 Å². The van der Waals surface area contributed by atoms with E-state index in [4.69, 9.17) is 11.6 Å². The molecule has 2 rings (SSSR count). The van der Waals surface area contributed by atoms with E-state index in [1.165, 1.54) is 12.8 Å². The van der Waals surface area contributed by atoms with Crippen molar-refractivity contribution in [2.24, 2.45) is 5.92 Å². The van der Waals surface area contributed by atoms with Gasteiger partial charge < -0.3 is 10.4 Å². The SMILES string of the molecule is CC(CO)(NCc1ccc(Cl)nc1)C1CC1. The van der Waals surface area contributed by atoms with Gasteiger partial charge in [0.05, 0.1) is 6.61 Å². The van der Waals surface area contributed by atoms with Crippen molar-refractivity contribution >= 4 is 11.6 Å². The predicted molar refractivity (Wildman–Crippen MR) is 64.3 cm³/mol. The van der Waals surface area contributed by atoms with Crippen LogP contribution in [0.5, 0.6) is 0 Å². The first kappa shape index (κ1) is 11.8. The third-order valence-electron chi connectivity index (χ3n) is 3.29. The minimum absolute atomic E-state index is 0.153. The highest BCUT2D eigenvalue weighted by Crippen LogP contribution is 2.39. The number of hydrogen-bond donors (Lipinski definition) is 2. The maximum absolute atomic E-state index is 9.42. The highest BCUT2D eigenvalue weighted by Gasteiger charge is 2.40. The van der Waals surface area contributed by atoms with Crippen LogP contribution in [0.1, 0.15) is 25.3 Å². The van der Waals surface area contributed by atoms with Crippen molar-refractivity contribution in [3.8, 4) is 0 Å². The molecular formula is C12H17ClN2O. The molecule has 1 aromatic heterocycles. The Balaban J connectivity index is 1.92. The normalized spacial score (nSPS) is 19.4. The average Bonchev–Trinajstić information content (AvgIpc) is 3.12. The lowest BCUT2D eigenvalue weighted by Gasteiger charge is -2.29. The molecule has 0 aromatic carbocycles. The van der Waals surface area contributed by atoms with Crippen LogP contribution in [0.4, 0.5) is 0 Å². The standard InChI is InChI=1S/C12H17ClN2O/c1-12(8-16,10-3-4-10)15-7-9-2-5-11(13)14-6-9/h2,5-6,10,15-16H,3-4,7-8H2,1H3. The van der Waals surface area contributed by atoms with Gasteiger partial charge in [-0.25, -0.2) is 4.98 Å². The van der Waals surface area contributed by atoms with E-state index in [9.17, 15) is 5.11 Å². The zero-order valence-corrected chi connectivity index (χ0v) is 10.2. The molecule has 1 unspecified atom stereocenters. The van der Waals surface area contributed by atoms with Crippen molar-refractivity contribution < 1.29 is 5.11 Å². The van der Waals surface area contributed by atoms with Gasteiger partial charge >= 0.3 is 0 Å². The third kappa shape index (κ3) is 2.73. The predicted octanol–water partition coefficient (Wildman–Crippen LogP) is 1.99. The summed E-state index contributed by atoms with van der Waals surface area (Å²) in [6, 6.07) is 3.74. The summed E-state index contributed by atoms with van der Waals surface area (Å²) in [6.45, 7) is 2.98. The summed E-state index contributed by atoms with van der Waals surface area (Å²) in [4.78, 5) is 4.03. The first-order valence-electron chi connectivity index (χ1n) is 5.60. The van der Waals surface area contributed by atoms with Crippen molar-refractivity contribution in [1.82, 2.24) is 10.3 Å². The van der Waals surface area contributed by atoms with Crippen LogP contribution in [-0.4, -0.2) is 22.2 Å². The van der Waals surface area contributed by atoms with Crippen LogP contribution in [0, 0.1) is 5.92 Å². The molecule has 0 aliphatic heterocycles. The summed E-state index contributed by atoms with van der Waals surface area (Å²) in [5.41, 5.74) is 0.935. The van der Waals surface area contributed by atoms with Crippen LogP contribution in [0.3, 0.4) is 0 Å². The number of hydrogen-bond acceptors (Lipinski definition) is 3. The lowest BCUT2D eigenvalue weighted by Crippen LogP contribution is -2.47. The number of aliphatic hydroxyl groups is 1. The van der Waals surface area contributed by atoms with Gasteiger partial charge in [-0.1, -0.05) is 17.7 Å². The maximum atomic E-state index is 9.42. The lowest BCUT2D eigenvalue weighted by molar-refractivity contribution is 0.153. The van der Waals surface area contributed by atoms with E-state index in [2.05, 4.69) is 17.2 Å². The number of rotatable bonds is 5. The van der Waals surface area contributed by atoms with Crippen LogP contribution >= 0.6 is 11.6 Å². The van der Waals surface area contributed by atoms with Gasteiger partial charge in [0.2, 0.25) is 0 Å². The second-order valence-electron chi connectivity index (χ2n) is 4.69. The van der Waals surface area contributed by atoms with Gasteiger partial charge in [-0.15, -0.1) is 0 Å². The minimum atomic E-state index is -0.153. The fraction of sp³-hybridized carbons (Fsp3) is 0.583. The fourth-order valence-corrected chi connectivity index (χ4v) is 1.98. The molecule has 1 aliphatic rings. The van der Waals surface area contributed by atoms with Gasteiger partial charge in [0.15, 0.2) is 0 Å². The third-order valence-corrected chi connectivity index (χ3v) is 3.52. The van der Waals surface area contributed by atoms with E-state index in [1.807, 2.05) is 6.07 Å². The van der Waals surface area contributed by atoms with Crippen LogP contribution in [0.2, 0.25) is 5.15 Å². The molecule has 0 radical (unpaired) electrons. The molecule has 1 fully saturated rings. The van der Waals surface area contributed by atoms with Gasteiger partial charge in [0.1, 0.15) is 5.15 Å². The Kier molecular flexibility index (Phi) is 3.47. The van der Waals surface area contributed by atoms with E-state index in [1.54, 1.807) is 12.3 Å². The van der Waals surface area contributed by atoms with Crippen LogP contribution in [0.15, 0.2) is 18.3 Å². The quantitative estimate of drug-likeness (QED) is 0.774. The summed E-state index contributed by atoms with van der Waals surface area (Å²) < 4.78 is 0. The molecule has 1 atom stereocenters. The van der Waals surface area contributed by atoms with Crippen molar-refractivity contribution in [1.29, 1.82) is 0 Å². The molecule has 88 valence electrons. The Bertz CT molecular complexity index is 351. The monoisotopic (exact) mass is 240 g/mol. The molecular weight excluding hydrogens is 224 g/mol. The van der Waals surface area contributed by atoms with Gasteiger partial charge in [-0.05, 0) is 37.3 Å². The molecule has 1 saturated carbocycles. The fourth-order valence-electron chi connectivity index (χ4n) is 1.86. The minimum Gasteiger partial charge on any atom is -0.394 e. The molecule has 1 aliphatic carbocycles. The van der Waals surface area contributed by atoms with E-state index in [0.717, 1.165) is 12.1 Å². The summed E-state index contributed by atoms with van der Waals surface area (Å²) in [7, 11) is 0. The van der Waals surface area contributed by atoms with E-state index in [0.29, 0.717) is 11.1 Å². The molecule has 0 spiro atoms. The Morgan fingerprint density at radius 1 is 1.56 bits per heavy atom. The van der Waals surface area contributed by atoms with Crippen molar-refractivity contribution in [2.45, 2.75) is 31.8 Å². The van der Waals surface area contributed by atoms with Crippen molar-refractivity contribution in [3.63, 3.8) is 0 Å². The second kappa shape index (κ2) is 4.70. The molecule has 0 saturated heterocycles. The van der Waals surface area contributed by atoms with E-state index >= 15 is 0 Å². The molecule has 0 bridgehead atoms. The topological polar surface area (TPSA) is 45.1 Å².